The first kappa shape index (κ1) is 15.3. The Bertz CT molecular complexity index is 368. The van der Waals surface area contributed by atoms with Crippen LogP contribution in [-0.2, 0) is 9.59 Å². The van der Waals surface area contributed by atoms with Crippen LogP contribution in [0.25, 0.3) is 0 Å². The molecule has 108 valence electrons. The number of nitrogens with zero attached hydrogens (tertiary/aromatic N) is 1. The highest BCUT2D eigenvalue weighted by Crippen LogP contribution is 2.24. The number of carbonyl (C=O) groups excluding carboxylic acids is 3. The number of hydrogen-bond donors (Lipinski definition) is 2. The largest absolute Gasteiger partial charge is 0.550 e. The third-order valence-electron chi connectivity index (χ3n) is 2.91. The van der Waals surface area contributed by atoms with Crippen LogP contribution in [0.3, 0.4) is 0 Å². The zero-order valence-corrected chi connectivity index (χ0v) is 11.3. The molecule has 1 aliphatic heterocycles. The van der Waals surface area contributed by atoms with Gasteiger partial charge in [0.1, 0.15) is 0 Å². The van der Waals surface area contributed by atoms with Crippen molar-refractivity contribution in [3.63, 3.8) is 0 Å². The molecule has 0 aromatic rings. The molecule has 0 spiro atoms. The lowest BCUT2D eigenvalue weighted by Gasteiger charge is -2.24. The normalized spacial score (nSPS) is 15.3. The number of carboxylic acids is 1. The monoisotopic (exact) mass is 270 g/mol. The summed E-state index contributed by atoms with van der Waals surface area (Å²) >= 11 is 0. The molecule has 0 unspecified atom stereocenters. The molecule has 1 fully saturated rings. The lowest BCUT2D eigenvalue weighted by molar-refractivity contribution is -0.307. The van der Waals surface area contributed by atoms with Crippen molar-refractivity contribution in [3.8, 4) is 0 Å². The van der Waals surface area contributed by atoms with E-state index in [1.807, 2.05) is 0 Å². The average Bonchev–Trinajstić information content (AvgIpc) is 2.61. The van der Waals surface area contributed by atoms with Crippen LogP contribution in [-0.4, -0.2) is 49.0 Å². The van der Waals surface area contributed by atoms with E-state index in [2.05, 4.69) is 10.6 Å². The number of nitrogens with one attached hydrogen (secondary N) is 2. The number of carboxylic acid groups (broad SMARTS) is 1. The second-order valence-electron chi connectivity index (χ2n) is 5.46. The Labute approximate surface area is 112 Å². The van der Waals surface area contributed by atoms with Crippen molar-refractivity contribution >= 4 is 17.9 Å². The summed E-state index contributed by atoms with van der Waals surface area (Å²) in [5.41, 5.74) is -0.631. The van der Waals surface area contributed by atoms with Gasteiger partial charge in [-0.05, 0) is 11.8 Å². The third kappa shape index (κ3) is 5.58. The fourth-order valence-electron chi connectivity index (χ4n) is 2.01. The summed E-state index contributed by atoms with van der Waals surface area (Å²) in [4.78, 5) is 35.0. The van der Waals surface area contributed by atoms with Gasteiger partial charge < -0.3 is 25.4 Å². The first-order valence-electron chi connectivity index (χ1n) is 6.29. The van der Waals surface area contributed by atoms with E-state index in [0.29, 0.717) is 26.2 Å². The molecule has 19 heavy (non-hydrogen) atoms. The molecule has 0 aromatic heterocycles. The van der Waals surface area contributed by atoms with Crippen molar-refractivity contribution in [3.05, 3.63) is 0 Å². The molecule has 2 N–H and O–H groups in total. The number of carbonyl (C=O) groups is 3. The Morgan fingerprint density at radius 1 is 1.42 bits per heavy atom. The van der Waals surface area contributed by atoms with Crippen LogP contribution >= 0.6 is 0 Å². The molecule has 0 radical (unpaired) electrons. The van der Waals surface area contributed by atoms with Crippen LogP contribution in [0.4, 0.5) is 4.79 Å². The number of amides is 3. The average molecular weight is 270 g/mol. The van der Waals surface area contributed by atoms with E-state index in [-0.39, 0.29) is 24.8 Å². The number of urea groups is 1. The minimum Gasteiger partial charge on any atom is -0.550 e. The van der Waals surface area contributed by atoms with E-state index in [1.165, 1.54) is 0 Å². The Kier molecular flexibility index (Phi) is 5.14. The predicted molar refractivity (Wildman–Crippen MR) is 66.0 cm³/mol. The van der Waals surface area contributed by atoms with Gasteiger partial charge in [0.2, 0.25) is 5.91 Å². The van der Waals surface area contributed by atoms with Gasteiger partial charge >= 0.3 is 6.03 Å². The highest BCUT2D eigenvalue weighted by Gasteiger charge is 2.23. The van der Waals surface area contributed by atoms with E-state index in [0.717, 1.165) is 0 Å². The maximum atomic E-state index is 11.7. The SMILES string of the molecule is CC(C)(CC(=O)[O-])CC(=O)NCCN1CCNC1=O. The molecule has 0 bridgehead atoms. The van der Waals surface area contributed by atoms with Crippen molar-refractivity contribution in [2.75, 3.05) is 26.2 Å². The smallest absolute Gasteiger partial charge is 0.317 e. The van der Waals surface area contributed by atoms with Gasteiger partial charge in [-0.2, -0.15) is 0 Å². The highest BCUT2D eigenvalue weighted by molar-refractivity contribution is 5.78. The molecule has 3 amide bonds. The van der Waals surface area contributed by atoms with Gasteiger partial charge in [0.15, 0.2) is 0 Å². The summed E-state index contributed by atoms with van der Waals surface area (Å²) in [6, 6.07) is -0.119. The van der Waals surface area contributed by atoms with Gasteiger partial charge in [-0.15, -0.1) is 0 Å². The Balaban J connectivity index is 2.24. The quantitative estimate of drug-likeness (QED) is 0.599. The molecule has 1 rings (SSSR count). The molecule has 7 nitrogen and oxygen atoms in total. The van der Waals surface area contributed by atoms with Crippen LogP contribution in [0.15, 0.2) is 0 Å². The van der Waals surface area contributed by atoms with Gasteiger partial charge in [0.05, 0.1) is 0 Å². The fourth-order valence-corrected chi connectivity index (χ4v) is 2.01. The lowest BCUT2D eigenvalue weighted by Crippen LogP contribution is -2.38. The minimum atomic E-state index is -1.16. The maximum absolute atomic E-state index is 11.7. The second kappa shape index (κ2) is 6.40. The summed E-state index contributed by atoms with van der Waals surface area (Å²) in [6.45, 7) is 5.51. The minimum absolute atomic E-state index is 0.118. The van der Waals surface area contributed by atoms with E-state index in [4.69, 9.17) is 0 Å². The van der Waals surface area contributed by atoms with Gasteiger partial charge in [-0.1, -0.05) is 13.8 Å². The lowest BCUT2D eigenvalue weighted by atomic mass is 9.85. The van der Waals surface area contributed by atoms with Gasteiger partial charge in [-0.3, -0.25) is 4.79 Å². The van der Waals surface area contributed by atoms with Crippen molar-refractivity contribution in [2.45, 2.75) is 26.7 Å². The van der Waals surface area contributed by atoms with E-state index >= 15 is 0 Å². The molecular formula is C12H20N3O4-. The molecule has 0 atom stereocenters. The zero-order chi connectivity index (χ0) is 14.5. The maximum Gasteiger partial charge on any atom is 0.317 e. The van der Waals surface area contributed by atoms with Crippen LogP contribution in [0.2, 0.25) is 0 Å². The molecule has 7 heteroatoms. The van der Waals surface area contributed by atoms with Crippen LogP contribution in [0.1, 0.15) is 26.7 Å². The summed E-state index contributed by atoms with van der Waals surface area (Å²) in [7, 11) is 0. The second-order valence-corrected chi connectivity index (χ2v) is 5.46. The summed E-state index contributed by atoms with van der Waals surface area (Å²) in [6.07, 6.45) is -0.0396. The molecule has 1 saturated heterocycles. The highest BCUT2D eigenvalue weighted by atomic mass is 16.4. The first-order chi connectivity index (χ1) is 8.80. The van der Waals surface area contributed by atoms with Crippen molar-refractivity contribution in [1.82, 2.24) is 15.5 Å². The number of hydrogen-bond acceptors (Lipinski definition) is 4. The zero-order valence-electron chi connectivity index (χ0n) is 11.3. The number of rotatable bonds is 7. The fraction of sp³-hybridized carbons (Fsp3) is 0.750. The van der Waals surface area contributed by atoms with Crippen molar-refractivity contribution < 1.29 is 19.5 Å². The molecular weight excluding hydrogens is 250 g/mol. The van der Waals surface area contributed by atoms with E-state index < -0.39 is 11.4 Å². The predicted octanol–water partition coefficient (Wildman–Crippen LogP) is -1.32. The van der Waals surface area contributed by atoms with Gasteiger partial charge in [-0.25, -0.2) is 4.79 Å². The van der Waals surface area contributed by atoms with Crippen LogP contribution < -0.4 is 15.7 Å². The molecule has 1 aliphatic rings. The molecule has 0 aliphatic carbocycles. The number of aliphatic carboxylic acids is 1. The standard InChI is InChI=1S/C12H21N3O4/c1-12(2,8-10(17)18)7-9(16)13-3-5-15-6-4-14-11(15)19/h3-8H2,1-2H3,(H,13,16)(H,14,19)(H,17,18)/p-1. The summed E-state index contributed by atoms with van der Waals surface area (Å²) in [5, 5.41) is 15.9. The summed E-state index contributed by atoms with van der Waals surface area (Å²) in [5.74, 6) is -1.38. The molecule has 1 heterocycles. The Morgan fingerprint density at radius 3 is 2.63 bits per heavy atom. The first-order valence-corrected chi connectivity index (χ1v) is 6.29. The van der Waals surface area contributed by atoms with Crippen molar-refractivity contribution in [2.24, 2.45) is 5.41 Å². The topological polar surface area (TPSA) is 102 Å². The Hall–Kier alpha value is -1.79. The molecule has 0 aromatic carbocycles. The van der Waals surface area contributed by atoms with Gasteiger partial charge in [0.25, 0.3) is 0 Å². The van der Waals surface area contributed by atoms with Gasteiger partial charge in [0, 0.05) is 38.6 Å². The van der Waals surface area contributed by atoms with E-state index in [9.17, 15) is 19.5 Å². The summed E-state index contributed by atoms with van der Waals surface area (Å²) < 4.78 is 0. The van der Waals surface area contributed by atoms with Crippen LogP contribution in [0.5, 0.6) is 0 Å². The van der Waals surface area contributed by atoms with Crippen molar-refractivity contribution in [1.29, 1.82) is 0 Å². The Morgan fingerprint density at radius 2 is 2.11 bits per heavy atom. The van der Waals surface area contributed by atoms with Crippen LogP contribution in [0, 0.1) is 5.41 Å². The molecule has 0 saturated carbocycles. The van der Waals surface area contributed by atoms with E-state index in [1.54, 1.807) is 18.7 Å². The third-order valence-corrected chi connectivity index (χ3v) is 2.91.